The van der Waals surface area contributed by atoms with Crippen molar-refractivity contribution in [2.75, 3.05) is 5.32 Å². The van der Waals surface area contributed by atoms with E-state index in [1.807, 2.05) is 42.8 Å². The molecule has 140 valence electrons. The summed E-state index contributed by atoms with van der Waals surface area (Å²) in [5.74, 6) is -1.36. The number of carbonyl (C=O) groups is 2. The van der Waals surface area contributed by atoms with E-state index < -0.39 is 12.0 Å². The molecule has 3 aromatic rings. The molecule has 0 saturated carbocycles. The second-order valence-corrected chi connectivity index (χ2v) is 6.46. The van der Waals surface area contributed by atoms with Crippen LogP contribution in [0.5, 0.6) is 0 Å². The number of rotatable bonds is 6. The number of nitrogens with zero attached hydrogens (tertiary/aromatic N) is 4. The van der Waals surface area contributed by atoms with Gasteiger partial charge in [0, 0.05) is 17.6 Å². The average molecular weight is 367 g/mol. The van der Waals surface area contributed by atoms with Crippen LogP contribution in [0.3, 0.4) is 0 Å². The molecule has 0 fully saturated rings. The Balaban J connectivity index is 1.71. The molecule has 1 unspecified atom stereocenters. The second kappa shape index (κ2) is 7.45. The Morgan fingerprint density at radius 1 is 1.26 bits per heavy atom. The van der Waals surface area contributed by atoms with Crippen molar-refractivity contribution >= 4 is 17.6 Å². The Morgan fingerprint density at radius 3 is 2.70 bits per heavy atom. The maximum atomic E-state index is 12.4. The number of hydrogen-bond acceptors (Lipinski definition) is 4. The van der Waals surface area contributed by atoms with Crippen LogP contribution < -0.4 is 5.32 Å². The van der Waals surface area contributed by atoms with Crippen molar-refractivity contribution in [1.82, 2.24) is 19.6 Å². The van der Waals surface area contributed by atoms with Gasteiger partial charge in [-0.3, -0.25) is 14.2 Å². The number of carboxylic acids is 1. The maximum absolute atomic E-state index is 12.4. The van der Waals surface area contributed by atoms with Crippen LogP contribution in [0.2, 0.25) is 0 Å². The minimum atomic E-state index is -1.01. The zero-order valence-corrected chi connectivity index (χ0v) is 15.4. The van der Waals surface area contributed by atoms with Gasteiger partial charge >= 0.3 is 5.97 Å². The summed E-state index contributed by atoms with van der Waals surface area (Å²) in [7, 11) is 0. The summed E-state index contributed by atoms with van der Waals surface area (Å²) in [5, 5.41) is 20.2. The van der Waals surface area contributed by atoms with Gasteiger partial charge in [-0.15, -0.1) is 0 Å². The summed E-state index contributed by atoms with van der Waals surface area (Å²) in [6.45, 7) is 6.06. The van der Waals surface area contributed by atoms with E-state index in [-0.39, 0.29) is 5.91 Å². The number of carbonyl (C=O) groups excluding carboxylic acids is 1. The lowest BCUT2D eigenvalue weighted by Crippen LogP contribution is -2.16. The highest BCUT2D eigenvalue weighted by molar-refractivity contribution is 6.04. The minimum Gasteiger partial charge on any atom is -0.480 e. The molecule has 1 amide bonds. The fourth-order valence-corrected chi connectivity index (χ4v) is 2.74. The van der Waals surface area contributed by atoms with E-state index in [0.717, 1.165) is 17.0 Å². The third-order valence-corrected chi connectivity index (χ3v) is 4.24. The van der Waals surface area contributed by atoms with Crippen molar-refractivity contribution in [3.05, 3.63) is 65.2 Å². The molecule has 2 heterocycles. The number of anilines is 1. The van der Waals surface area contributed by atoms with Gasteiger partial charge in [-0.25, -0.2) is 4.79 Å². The smallest absolute Gasteiger partial charge is 0.328 e. The summed E-state index contributed by atoms with van der Waals surface area (Å²) in [4.78, 5) is 23.4. The van der Waals surface area contributed by atoms with E-state index in [9.17, 15) is 9.59 Å². The lowest BCUT2D eigenvalue weighted by Gasteiger charge is -2.08. The van der Waals surface area contributed by atoms with E-state index in [0.29, 0.717) is 17.8 Å². The first-order valence-electron chi connectivity index (χ1n) is 8.52. The van der Waals surface area contributed by atoms with Gasteiger partial charge in [0.25, 0.3) is 5.91 Å². The van der Waals surface area contributed by atoms with Gasteiger partial charge in [0.2, 0.25) is 0 Å². The molecule has 1 aromatic carbocycles. The van der Waals surface area contributed by atoms with Crippen molar-refractivity contribution in [2.24, 2.45) is 0 Å². The SMILES string of the molecule is Cc1cc(C)n(Cc2cccc(NC(=O)c3cnn(C(C)C(=O)O)c3)c2)n1. The maximum Gasteiger partial charge on any atom is 0.328 e. The summed E-state index contributed by atoms with van der Waals surface area (Å²) in [5.41, 5.74) is 3.99. The standard InChI is InChI=1S/C19H21N5O3/c1-12-7-13(2)23(22-12)10-15-5-4-6-17(8-15)21-18(25)16-9-20-24(11-16)14(3)19(26)27/h4-9,11,14H,10H2,1-3H3,(H,21,25)(H,26,27). The largest absolute Gasteiger partial charge is 0.480 e. The van der Waals surface area contributed by atoms with E-state index in [2.05, 4.69) is 15.5 Å². The zero-order chi connectivity index (χ0) is 19.6. The number of aryl methyl sites for hydroxylation is 2. The van der Waals surface area contributed by atoms with Crippen LogP contribution in [0.4, 0.5) is 5.69 Å². The predicted octanol–water partition coefficient (Wildman–Crippen LogP) is 2.64. The van der Waals surface area contributed by atoms with E-state index in [4.69, 9.17) is 5.11 Å². The Morgan fingerprint density at radius 2 is 2.04 bits per heavy atom. The molecule has 0 radical (unpaired) electrons. The highest BCUT2D eigenvalue weighted by atomic mass is 16.4. The molecule has 0 bridgehead atoms. The van der Waals surface area contributed by atoms with Crippen molar-refractivity contribution in [1.29, 1.82) is 0 Å². The summed E-state index contributed by atoms with van der Waals surface area (Å²) >= 11 is 0. The fourth-order valence-electron chi connectivity index (χ4n) is 2.74. The van der Waals surface area contributed by atoms with Crippen LogP contribution in [-0.4, -0.2) is 36.5 Å². The third kappa shape index (κ3) is 4.22. The molecule has 2 N–H and O–H groups in total. The number of carboxylic acid groups (broad SMARTS) is 1. The highest BCUT2D eigenvalue weighted by Crippen LogP contribution is 2.15. The average Bonchev–Trinajstić information content (AvgIpc) is 3.21. The lowest BCUT2D eigenvalue weighted by atomic mass is 10.2. The molecule has 0 aliphatic carbocycles. The van der Waals surface area contributed by atoms with E-state index in [1.165, 1.54) is 24.0 Å². The van der Waals surface area contributed by atoms with Gasteiger partial charge < -0.3 is 10.4 Å². The zero-order valence-electron chi connectivity index (χ0n) is 15.4. The first-order chi connectivity index (χ1) is 12.8. The number of aliphatic carboxylic acids is 1. The van der Waals surface area contributed by atoms with Crippen molar-refractivity contribution in [3.8, 4) is 0 Å². The molecular weight excluding hydrogens is 346 g/mol. The molecule has 0 spiro atoms. The van der Waals surface area contributed by atoms with Gasteiger partial charge in [-0.1, -0.05) is 12.1 Å². The number of amides is 1. The Kier molecular flexibility index (Phi) is 5.07. The van der Waals surface area contributed by atoms with E-state index >= 15 is 0 Å². The number of nitrogens with one attached hydrogen (secondary N) is 1. The minimum absolute atomic E-state index is 0.298. The van der Waals surface area contributed by atoms with Crippen LogP contribution >= 0.6 is 0 Å². The first-order valence-corrected chi connectivity index (χ1v) is 8.52. The van der Waals surface area contributed by atoms with Crippen molar-refractivity contribution in [3.63, 3.8) is 0 Å². The summed E-state index contributed by atoms with van der Waals surface area (Å²) in [6, 6.07) is 8.70. The molecule has 8 nitrogen and oxygen atoms in total. The van der Waals surface area contributed by atoms with Crippen LogP contribution in [-0.2, 0) is 11.3 Å². The van der Waals surface area contributed by atoms with Gasteiger partial charge in [-0.2, -0.15) is 10.2 Å². The Hall–Kier alpha value is -3.42. The molecule has 0 saturated heterocycles. The van der Waals surface area contributed by atoms with Crippen LogP contribution in [0.1, 0.15) is 40.3 Å². The fraction of sp³-hybridized carbons (Fsp3) is 0.263. The quantitative estimate of drug-likeness (QED) is 0.697. The number of aromatic nitrogens is 4. The van der Waals surface area contributed by atoms with Gasteiger partial charge in [0.05, 0.1) is 24.0 Å². The summed E-state index contributed by atoms with van der Waals surface area (Å²) in [6.07, 6.45) is 2.78. The number of benzene rings is 1. The van der Waals surface area contributed by atoms with Gasteiger partial charge in [-0.05, 0) is 44.5 Å². The summed E-state index contributed by atoms with van der Waals surface area (Å²) < 4.78 is 3.16. The second-order valence-electron chi connectivity index (χ2n) is 6.46. The highest BCUT2D eigenvalue weighted by Gasteiger charge is 2.16. The van der Waals surface area contributed by atoms with Crippen molar-refractivity contribution in [2.45, 2.75) is 33.4 Å². The Bertz CT molecular complexity index is 989. The number of hydrogen-bond donors (Lipinski definition) is 2. The molecule has 0 aliphatic rings. The molecule has 1 atom stereocenters. The monoisotopic (exact) mass is 367 g/mol. The van der Waals surface area contributed by atoms with Crippen LogP contribution in [0, 0.1) is 13.8 Å². The lowest BCUT2D eigenvalue weighted by molar-refractivity contribution is -0.140. The van der Waals surface area contributed by atoms with Crippen LogP contribution in [0.15, 0.2) is 42.7 Å². The Labute approximate surface area is 156 Å². The van der Waals surface area contributed by atoms with Crippen LogP contribution in [0.25, 0.3) is 0 Å². The van der Waals surface area contributed by atoms with Gasteiger partial charge in [0.15, 0.2) is 0 Å². The normalized spacial score (nSPS) is 12.0. The van der Waals surface area contributed by atoms with E-state index in [1.54, 1.807) is 6.07 Å². The topological polar surface area (TPSA) is 102 Å². The molecular formula is C19H21N5O3. The van der Waals surface area contributed by atoms with Crippen molar-refractivity contribution < 1.29 is 14.7 Å². The molecule has 0 aliphatic heterocycles. The third-order valence-electron chi connectivity index (χ3n) is 4.24. The molecule has 3 rings (SSSR count). The molecule has 2 aromatic heterocycles. The van der Waals surface area contributed by atoms with Gasteiger partial charge in [0.1, 0.15) is 6.04 Å². The molecule has 8 heteroatoms. The first kappa shape index (κ1) is 18.4. The molecule has 27 heavy (non-hydrogen) atoms. The predicted molar refractivity (Wildman–Crippen MR) is 99.8 cm³/mol.